The molecule has 1 aliphatic rings. The Kier molecular flexibility index (Phi) is 5.10. The molecule has 5 nitrogen and oxygen atoms in total. The number of benzene rings is 1. The van der Waals surface area contributed by atoms with Crippen LogP contribution in [0.25, 0.3) is 11.0 Å². The molecule has 1 fully saturated rings. The van der Waals surface area contributed by atoms with Crippen molar-refractivity contribution in [2.24, 2.45) is 0 Å². The van der Waals surface area contributed by atoms with E-state index >= 15 is 0 Å². The zero-order valence-electron chi connectivity index (χ0n) is 15.3. The molecule has 7 heteroatoms. The van der Waals surface area contributed by atoms with Gasteiger partial charge in [-0.3, -0.25) is 9.36 Å². The van der Waals surface area contributed by atoms with E-state index in [-0.39, 0.29) is 16.6 Å². The van der Waals surface area contributed by atoms with Crippen molar-refractivity contribution in [3.63, 3.8) is 0 Å². The molecule has 4 rings (SSSR count). The van der Waals surface area contributed by atoms with Gasteiger partial charge in [0.2, 0.25) is 5.95 Å². The maximum Gasteiger partial charge on any atom is 0.271 e. The lowest BCUT2D eigenvalue weighted by molar-refractivity contribution is 0.516. The number of rotatable bonds is 4. The lowest BCUT2D eigenvalue weighted by atomic mass is 10.2. The normalized spacial score (nSPS) is 14.8. The van der Waals surface area contributed by atoms with Gasteiger partial charge in [-0.1, -0.05) is 24.4 Å². The van der Waals surface area contributed by atoms with Crippen LogP contribution >= 0.6 is 23.4 Å². The Balaban J connectivity index is 1.78. The third-order valence-electron chi connectivity index (χ3n) is 5.10. The minimum Gasteiger partial charge on any atom is -0.324 e. The van der Waals surface area contributed by atoms with E-state index in [0.717, 1.165) is 42.3 Å². The number of halogens is 1. The lowest BCUT2D eigenvalue weighted by Crippen LogP contribution is -2.25. The highest BCUT2D eigenvalue weighted by molar-refractivity contribution is 7.98. The first-order valence-electron chi connectivity index (χ1n) is 9.06. The third-order valence-corrected chi connectivity index (χ3v) is 6.10. The van der Waals surface area contributed by atoms with E-state index in [2.05, 4.69) is 40.6 Å². The van der Waals surface area contributed by atoms with Crippen LogP contribution in [-0.2, 0) is 0 Å². The molecule has 3 aromatic rings. The first kappa shape index (κ1) is 18.3. The lowest BCUT2D eigenvalue weighted by Gasteiger charge is -2.17. The van der Waals surface area contributed by atoms with Gasteiger partial charge in [0.15, 0.2) is 0 Å². The van der Waals surface area contributed by atoms with Gasteiger partial charge >= 0.3 is 0 Å². The van der Waals surface area contributed by atoms with Gasteiger partial charge in [-0.2, -0.15) is 4.98 Å². The maximum atomic E-state index is 12.7. The molecule has 0 amide bonds. The van der Waals surface area contributed by atoms with E-state index in [0.29, 0.717) is 11.6 Å². The van der Waals surface area contributed by atoms with E-state index < -0.39 is 0 Å². The molecule has 0 saturated heterocycles. The number of hydrogen-bond donors (Lipinski definition) is 1. The number of aromatic nitrogens is 3. The summed E-state index contributed by atoms with van der Waals surface area (Å²) < 4.78 is 1.77. The average molecular weight is 401 g/mol. The molecule has 1 N–H and O–H groups in total. The smallest absolute Gasteiger partial charge is 0.271 e. The molecule has 1 aliphatic carbocycles. The molecule has 1 aromatic carbocycles. The summed E-state index contributed by atoms with van der Waals surface area (Å²) in [6.45, 7) is 2.05. The van der Waals surface area contributed by atoms with Crippen molar-refractivity contribution in [1.82, 2.24) is 14.5 Å². The molecular weight excluding hydrogens is 380 g/mol. The summed E-state index contributed by atoms with van der Waals surface area (Å²) in [4.78, 5) is 23.0. The molecule has 0 bridgehead atoms. The van der Waals surface area contributed by atoms with Crippen LogP contribution in [-0.4, -0.2) is 20.8 Å². The predicted molar refractivity (Wildman–Crippen MR) is 113 cm³/mol. The fraction of sp³-hybridized carbons (Fsp3) is 0.350. The largest absolute Gasteiger partial charge is 0.324 e. The second-order valence-electron chi connectivity index (χ2n) is 6.88. The topological polar surface area (TPSA) is 59.8 Å². The first-order valence-corrected chi connectivity index (χ1v) is 10.7. The average Bonchev–Trinajstić information content (AvgIpc) is 3.19. The maximum absolute atomic E-state index is 12.7. The number of fused-ring (bicyclic) bond motifs is 1. The number of nitrogens with one attached hydrogen (secondary N) is 1. The summed E-state index contributed by atoms with van der Waals surface area (Å²) in [6, 6.07) is 8.04. The van der Waals surface area contributed by atoms with E-state index in [1.165, 1.54) is 4.90 Å². The first-order chi connectivity index (χ1) is 13.1. The highest BCUT2D eigenvalue weighted by atomic mass is 35.5. The number of thioether (sulfide) groups is 1. The Morgan fingerprint density at radius 3 is 2.74 bits per heavy atom. The molecule has 140 valence electrons. The number of aryl methyl sites for hydroxylation is 1. The van der Waals surface area contributed by atoms with Gasteiger partial charge in [-0.05, 0) is 55.9 Å². The summed E-state index contributed by atoms with van der Waals surface area (Å²) in [5.74, 6) is 0.482. The van der Waals surface area contributed by atoms with Crippen molar-refractivity contribution in [1.29, 1.82) is 0 Å². The molecule has 0 atom stereocenters. The summed E-state index contributed by atoms with van der Waals surface area (Å²) in [5.41, 5.74) is 2.55. The number of hydrogen-bond acceptors (Lipinski definition) is 5. The quantitative estimate of drug-likeness (QED) is 0.599. The van der Waals surface area contributed by atoms with Gasteiger partial charge in [0.25, 0.3) is 5.56 Å². The molecular formula is C20H21ClN4OS. The SMILES string of the molecule is CSc1ccc(Nc2ncc3cc(Cl)c(=O)n(C4CCCC4)c3n2)c(C)c1. The van der Waals surface area contributed by atoms with Crippen molar-refractivity contribution < 1.29 is 0 Å². The van der Waals surface area contributed by atoms with E-state index in [4.69, 9.17) is 11.6 Å². The zero-order chi connectivity index (χ0) is 19.0. The van der Waals surface area contributed by atoms with Gasteiger partial charge in [0.1, 0.15) is 10.7 Å². The molecule has 2 heterocycles. The van der Waals surface area contributed by atoms with E-state index in [1.54, 1.807) is 28.6 Å². The molecule has 0 spiro atoms. The molecule has 0 radical (unpaired) electrons. The Hall–Kier alpha value is -2.05. The van der Waals surface area contributed by atoms with Gasteiger partial charge in [0.05, 0.1) is 0 Å². The van der Waals surface area contributed by atoms with Crippen molar-refractivity contribution in [2.45, 2.75) is 43.5 Å². The number of nitrogens with zero attached hydrogens (tertiary/aromatic N) is 3. The molecule has 0 unspecified atom stereocenters. The van der Waals surface area contributed by atoms with Crippen molar-refractivity contribution in [2.75, 3.05) is 11.6 Å². The second-order valence-corrected chi connectivity index (χ2v) is 8.17. The summed E-state index contributed by atoms with van der Waals surface area (Å²) in [6.07, 6.45) is 8.01. The summed E-state index contributed by atoms with van der Waals surface area (Å²) in [5, 5.41) is 4.30. The van der Waals surface area contributed by atoms with Crippen LogP contribution in [0.15, 0.2) is 40.2 Å². The Bertz CT molecular complexity index is 1060. The highest BCUT2D eigenvalue weighted by Crippen LogP contribution is 2.31. The van der Waals surface area contributed by atoms with Crippen LogP contribution in [0, 0.1) is 6.92 Å². The monoisotopic (exact) mass is 400 g/mol. The van der Waals surface area contributed by atoms with Crippen LogP contribution in [0.4, 0.5) is 11.6 Å². The summed E-state index contributed by atoms with van der Waals surface area (Å²) >= 11 is 7.89. The second kappa shape index (κ2) is 7.52. The number of pyridine rings is 1. The van der Waals surface area contributed by atoms with Gasteiger partial charge < -0.3 is 5.32 Å². The van der Waals surface area contributed by atoms with Crippen molar-refractivity contribution in [3.8, 4) is 0 Å². The minimum absolute atomic E-state index is 0.157. The van der Waals surface area contributed by atoms with Crippen LogP contribution in [0.3, 0.4) is 0 Å². The third kappa shape index (κ3) is 3.56. The fourth-order valence-corrected chi connectivity index (χ4v) is 4.38. The molecule has 1 saturated carbocycles. The molecule has 27 heavy (non-hydrogen) atoms. The van der Waals surface area contributed by atoms with Crippen LogP contribution in [0.1, 0.15) is 37.3 Å². The Morgan fingerprint density at radius 2 is 2.04 bits per heavy atom. The van der Waals surface area contributed by atoms with Crippen LogP contribution in [0.5, 0.6) is 0 Å². The number of anilines is 2. The highest BCUT2D eigenvalue weighted by Gasteiger charge is 2.22. The summed E-state index contributed by atoms with van der Waals surface area (Å²) in [7, 11) is 0. The standard InChI is InChI=1S/C20H21ClN4OS/c1-12-9-15(27-2)7-8-17(12)23-20-22-11-13-10-16(21)19(26)25(18(13)24-20)14-5-3-4-6-14/h7-11,14H,3-6H2,1-2H3,(H,22,23,24). The van der Waals surface area contributed by atoms with Crippen LogP contribution < -0.4 is 10.9 Å². The fourth-order valence-electron chi connectivity index (χ4n) is 3.67. The Labute approximate surface area is 167 Å². The van der Waals surface area contributed by atoms with Gasteiger partial charge in [-0.15, -0.1) is 11.8 Å². The van der Waals surface area contributed by atoms with Gasteiger partial charge in [0, 0.05) is 28.2 Å². The van der Waals surface area contributed by atoms with Crippen molar-refractivity contribution in [3.05, 3.63) is 51.4 Å². The predicted octanol–water partition coefficient (Wildman–Crippen LogP) is 5.33. The molecule has 2 aromatic heterocycles. The van der Waals surface area contributed by atoms with Crippen LogP contribution in [0.2, 0.25) is 5.02 Å². The Morgan fingerprint density at radius 1 is 1.26 bits per heavy atom. The minimum atomic E-state index is -0.166. The van der Waals surface area contributed by atoms with Crippen molar-refractivity contribution >= 4 is 46.0 Å². The molecule has 0 aliphatic heterocycles. The zero-order valence-corrected chi connectivity index (χ0v) is 16.9. The van der Waals surface area contributed by atoms with E-state index in [9.17, 15) is 4.79 Å². The van der Waals surface area contributed by atoms with E-state index in [1.807, 2.05) is 6.07 Å². The van der Waals surface area contributed by atoms with Gasteiger partial charge in [-0.25, -0.2) is 4.98 Å².